The van der Waals surface area contributed by atoms with Crippen LogP contribution in [0, 0.1) is 11.6 Å². The number of aromatic nitrogens is 2. The second-order valence-electron chi connectivity index (χ2n) is 7.43. The molecule has 3 aromatic carbocycles. The van der Waals surface area contributed by atoms with E-state index in [-0.39, 0.29) is 17.0 Å². The van der Waals surface area contributed by atoms with E-state index in [2.05, 4.69) is 5.10 Å². The van der Waals surface area contributed by atoms with Crippen LogP contribution < -0.4 is 11.3 Å². The van der Waals surface area contributed by atoms with Crippen molar-refractivity contribution in [3.63, 3.8) is 0 Å². The van der Waals surface area contributed by atoms with E-state index >= 15 is 0 Å². The molecular formula is C24H19F2N3O3S. The number of sulfone groups is 1. The van der Waals surface area contributed by atoms with Gasteiger partial charge in [0.1, 0.15) is 11.6 Å². The molecule has 33 heavy (non-hydrogen) atoms. The summed E-state index contributed by atoms with van der Waals surface area (Å²) in [5, 5.41) is 4.22. The van der Waals surface area contributed by atoms with Crippen LogP contribution in [0.4, 0.5) is 8.78 Å². The smallest absolute Gasteiger partial charge is 0.280 e. The molecule has 0 aliphatic heterocycles. The fourth-order valence-corrected chi connectivity index (χ4v) is 4.10. The van der Waals surface area contributed by atoms with Crippen molar-refractivity contribution in [1.82, 2.24) is 9.78 Å². The van der Waals surface area contributed by atoms with E-state index in [1.54, 1.807) is 18.2 Å². The van der Waals surface area contributed by atoms with E-state index in [0.717, 1.165) is 10.9 Å². The topological polar surface area (TPSA) is 95.0 Å². The molecule has 0 aliphatic carbocycles. The van der Waals surface area contributed by atoms with Crippen LogP contribution in [0.5, 0.6) is 0 Å². The highest BCUT2D eigenvalue weighted by molar-refractivity contribution is 7.90. The van der Waals surface area contributed by atoms with Gasteiger partial charge in [0.25, 0.3) is 5.56 Å². The highest BCUT2D eigenvalue weighted by Gasteiger charge is 2.18. The lowest BCUT2D eigenvalue weighted by atomic mass is 9.96. The van der Waals surface area contributed by atoms with E-state index in [0.29, 0.717) is 27.9 Å². The number of hydrogen-bond acceptors (Lipinski definition) is 5. The van der Waals surface area contributed by atoms with Crippen LogP contribution in [-0.4, -0.2) is 24.5 Å². The fraction of sp³-hybridized carbons (Fsp3) is 0.0833. The molecule has 0 spiro atoms. The third-order valence-electron chi connectivity index (χ3n) is 5.20. The van der Waals surface area contributed by atoms with Gasteiger partial charge in [-0.25, -0.2) is 17.2 Å². The largest absolute Gasteiger partial charge is 0.326 e. The third-order valence-corrected chi connectivity index (χ3v) is 6.33. The SMILES string of the molecule is CS(=O)(=O)c1ccc(-c2cnn(-c3ccc(F)cc3)c(=O)c2-c2ccc(CN)c(F)c2)cc1. The Balaban J connectivity index is 1.97. The van der Waals surface area contributed by atoms with E-state index in [9.17, 15) is 22.0 Å². The van der Waals surface area contributed by atoms with Crippen molar-refractivity contribution in [2.45, 2.75) is 11.4 Å². The lowest BCUT2D eigenvalue weighted by Crippen LogP contribution is -2.23. The van der Waals surface area contributed by atoms with Gasteiger partial charge in [0.2, 0.25) is 0 Å². The van der Waals surface area contributed by atoms with Crippen molar-refractivity contribution in [2.75, 3.05) is 6.26 Å². The molecule has 168 valence electrons. The summed E-state index contributed by atoms with van der Waals surface area (Å²) in [6.07, 6.45) is 2.53. The van der Waals surface area contributed by atoms with Crippen LogP contribution in [0.15, 0.2) is 82.6 Å². The standard InChI is InChI=1S/C24H19F2N3O3S/c1-33(31,32)20-10-4-15(5-11-20)21-14-28-29(19-8-6-18(25)7-9-19)24(30)23(21)16-2-3-17(13-27)22(26)12-16/h2-12,14H,13,27H2,1H3. The summed E-state index contributed by atoms with van der Waals surface area (Å²) in [4.78, 5) is 13.6. The van der Waals surface area contributed by atoms with E-state index in [1.807, 2.05) is 0 Å². The van der Waals surface area contributed by atoms with Gasteiger partial charge in [-0.05, 0) is 53.6 Å². The highest BCUT2D eigenvalue weighted by Crippen LogP contribution is 2.31. The quantitative estimate of drug-likeness (QED) is 0.483. The van der Waals surface area contributed by atoms with Gasteiger partial charge >= 0.3 is 0 Å². The second kappa shape index (κ2) is 8.68. The molecule has 0 saturated carbocycles. The Labute approximate surface area is 188 Å². The first-order valence-electron chi connectivity index (χ1n) is 9.86. The van der Waals surface area contributed by atoms with Crippen molar-refractivity contribution < 1.29 is 17.2 Å². The van der Waals surface area contributed by atoms with Gasteiger partial charge in [0.15, 0.2) is 9.84 Å². The molecule has 0 unspecified atom stereocenters. The Bertz CT molecular complexity index is 1500. The zero-order valence-electron chi connectivity index (χ0n) is 17.5. The fourth-order valence-electron chi connectivity index (χ4n) is 3.47. The monoisotopic (exact) mass is 467 g/mol. The third kappa shape index (κ3) is 4.46. The highest BCUT2D eigenvalue weighted by atomic mass is 32.2. The van der Waals surface area contributed by atoms with Crippen molar-refractivity contribution in [3.05, 3.63) is 100 Å². The maximum absolute atomic E-state index is 14.5. The molecule has 4 aromatic rings. The summed E-state index contributed by atoms with van der Waals surface area (Å²) in [6.45, 7) is 0.00206. The number of nitrogens with zero attached hydrogens (tertiary/aromatic N) is 2. The van der Waals surface area contributed by atoms with Gasteiger partial charge in [-0.2, -0.15) is 9.78 Å². The number of nitrogens with two attached hydrogens (primary N) is 1. The minimum Gasteiger partial charge on any atom is -0.326 e. The number of hydrogen-bond donors (Lipinski definition) is 1. The van der Waals surface area contributed by atoms with Crippen LogP contribution in [0.3, 0.4) is 0 Å². The van der Waals surface area contributed by atoms with Crippen LogP contribution >= 0.6 is 0 Å². The molecule has 1 heterocycles. The molecule has 0 aliphatic rings. The van der Waals surface area contributed by atoms with Crippen molar-refractivity contribution in [1.29, 1.82) is 0 Å². The average Bonchev–Trinajstić information content (AvgIpc) is 2.79. The average molecular weight is 467 g/mol. The Morgan fingerprint density at radius 2 is 1.58 bits per heavy atom. The maximum atomic E-state index is 14.5. The maximum Gasteiger partial charge on any atom is 0.280 e. The zero-order chi connectivity index (χ0) is 23.8. The lowest BCUT2D eigenvalue weighted by Gasteiger charge is -2.14. The summed E-state index contributed by atoms with van der Waals surface area (Å²) >= 11 is 0. The first kappa shape index (κ1) is 22.5. The first-order chi connectivity index (χ1) is 15.7. The molecule has 2 N–H and O–H groups in total. The zero-order valence-corrected chi connectivity index (χ0v) is 18.3. The van der Waals surface area contributed by atoms with Crippen LogP contribution in [0.1, 0.15) is 5.56 Å². The molecule has 0 atom stereocenters. The number of benzene rings is 3. The predicted octanol–water partition coefficient (Wildman–Crippen LogP) is 3.71. The number of halogens is 2. The van der Waals surface area contributed by atoms with E-state index in [4.69, 9.17) is 5.73 Å². The molecule has 6 nitrogen and oxygen atoms in total. The van der Waals surface area contributed by atoms with Crippen LogP contribution in [0.25, 0.3) is 27.9 Å². The number of rotatable bonds is 5. The van der Waals surface area contributed by atoms with Crippen molar-refractivity contribution in [2.24, 2.45) is 5.73 Å². The molecule has 0 bridgehead atoms. The molecular weight excluding hydrogens is 448 g/mol. The first-order valence-corrected chi connectivity index (χ1v) is 11.8. The summed E-state index contributed by atoms with van der Waals surface area (Å²) in [7, 11) is -3.41. The molecule has 0 amide bonds. The van der Waals surface area contributed by atoms with Gasteiger partial charge in [-0.3, -0.25) is 4.79 Å². The van der Waals surface area contributed by atoms with Gasteiger partial charge in [0, 0.05) is 23.9 Å². The molecule has 0 radical (unpaired) electrons. The second-order valence-corrected chi connectivity index (χ2v) is 9.45. The van der Waals surface area contributed by atoms with E-state index in [1.165, 1.54) is 54.7 Å². The normalized spacial score (nSPS) is 11.5. The predicted molar refractivity (Wildman–Crippen MR) is 122 cm³/mol. The van der Waals surface area contributed by atoms with Gasteiger partial charge in [-0.15, -0.1) is 0 Å². The van der Waals surface area contributed by atoms with E-state index < -0.39 is 27.0 Å². The minimum absolute atomic E-state index is 0.00206. The molecule has 4 rings (SSSR count). The summed E-state index contributed by atoms with van der Waals surface area (Å²) in [5.74, 6) is -1.02. The summed E-state index contributed by atoms with van der Waals surface area (Å²) in [6, 6.07) is 15.5. The Kier molecular flexibility index (Phi) is 5.92. The van der Waals surface area contributed by atoms with Gasteiger partial charge in [-0.1, -0.05) is 24.3 Å². The van der Waals surface area contributed by atoms with Crippen molar-refractivity contribution >= 4 is 9.84 Å². The Morgan fingerprint density at radius 3 is 2.15 bits per heavy atom. The molecule has 0 saturated heterocycles. The molecule has 9 heteroatoms. The molecule has 0 fully saturated rings. The summed E-state index contributed by atoms with van der Waals surface area (Å²) < 4.78 is 52.6. The Hall–Kier alpha value is -3.69. The van der Waals surface area contributed by atoms with Crippen LogP contribution in [0.2, 0.25) is 0 Å². The lowest BCUT2D eigenvalue weighted by molar-refractivity contribution is 0.602. The summed E-state index contributed by atoms with van der Waals surface area (Å²) in [5.41, 5.74) is 7.01. The van der Waals surface area contributed by atoms with Crippen molar-refractivity contribution in [3.8, 4) is 27.9 Å². The van der Waals surface area contributed by atoms with Crippen LogP contribution in [-0.2, 0) is 16.4 Å². The van der Waals surface area contributed by atoms with Gasteiger partial charge in [0.05, 0.1) is 22.3 Å². The Morgan fingerprint density at radius 1 is 0.939 bits per heavy atom. The molecule has 1 aromatic heterocycles. The minimum atomic E-state index is -3.41. The van der Waals surface area contributed by atoms with Gasteiger partial charge < -0.3 is 5.73 Å².